The summed E-state index contributed by atoms with van der Waals surface area (Å²) >= 11 is 0. The molecule has 0 saturated carbocycles. The van der Waals surface area contributed by atoms with Crippen LogP contribution in [0.15, 0.2) is 34.9 Å². The average Bonchev–Trinajstić information content (AvgIpc) is 2.81. The Morgan fingerprint density at radius 3 is 2.62 bits per heavy atom. The second kappa shape index (κ2) is 6.21. The summed E-state index contributed by atoms with van der Waals surface area (Å²) in [5.74, 6) is 0.407. The van der Waals surface area contributed by atoms with Crippen molar-refractivity contribution in [3.8, 4) is 0 Å². The largest absolute Gasteiger partial charge is 0.360 e. The summed E-state index contributed by atoms with van der Waals surface area (Å²) in [6.07, 6.45) is 0. The Kier molecular flexibility index (Phi) is 4.37. The van der Waals surface area contributed by atoms with E-state index >= 15 is 0 Å². The molecule has 0 aliphatic heterocycles. The smallest absolute Gasteiger partial charge is 0.245 e. The summed E-state index contributed by atoms with van der Waals surface area (Å²) in [6.45, 7) is 5.01. The van der Waals surface area contributed by atoms with Gasteiger partial charge >= 0.3 is 0 Å². The van der Waals surface area contributed by atoms with Crippen molar-refractivity contribution in [2.45, 2.75) is 20.8 Å². The third kappa shape index (κ3) is 3.92. The number of anilines is 2. The SMILES string of the molecule is CC(=O)N(CC(=O)Nc1cc(C)on1)c1cccc(C)c1. The van der Waals surface area contributed by atoms with Crippen LogP contribution >= 0.6 is 0 Å². The van der Waals surface area contributed by atoms with Gasteiger partial charge in [-0.1, -0.05) is 17.3 Å². The number of aromatic nitrogens is 1. The molecule has 1 heterocycles. The van der Waals surface area contributed by atoms with Crippen LogP contribution in [0.4, 0.5) is 11.5 Å². The summed E-state index contributed by atoms with van der Waals surface area (Å²) in [5.41, 5.74) is 1.71. The second-order valence-electron chi connectivity index (χ2n) is 4.82. The fourth-order valence-corrected chi connectivity index (χ4v) is 1.93. The van der Waals surface area contributed by atoms with Crippen molar-refractivity contribution in [1.29, 1.82) is 0 Å². The van der Waals surface area contributed by atoms with E-state index in [1.807, 2.05) is 25.1 Å². The minimum absolute atomic E-state index is 0.0787. The molecule has 2 aromatic rings. The van der Waals surface area contributed by atoms with Crippen molar-refractivity contribution < 1.29 is 14.1 Å². The minimum Gasteiger partial charge on any atom is -0.360 e. The summed E-state index contributed by atoms with van der Waals surface area (Å²) < 4.78 is 4.87. The first-order valence-electron chi connectivity index (χ1n) is 6.53. The molecule has 2 amide bonds. The van der Waals surface area contributed by atoms with E-state index in [-0.39, 0.29) is 18.4 Å². The van der Waals surface area contributed by atoms with Crippen molar-refractivity contribution in [3.05, 3.63) is 41.7 Å². The van der Waals surface area contributed by atoms with Crippen molar-refractivity contribution >= 4 is 23.3 Å². The molecule has 110 valence electrons. The summed E-state index contributed by atoms with van der Waals surface area (Å²) in [5, 5.41) is 6.28. The number of carbonyl (C=O) groups is 2. The van der Waals surface area contributed by atoms with Crippen LogP contribution in [0.3, 0.4) is 0 Å². The first kappa shape index (κ1) is 14.8. The van der Waals surface area contributed by atoms with Gasteiger partial charge in [0.25, 0.3) is 0 Å². The van der Waals surface area contributed by atoms with E-state index in [1.165, 1.54) is 11.8 Å². The van der Waals surface area contributed by atoms with Gasteiger partial charge in [0.2, 0.25) is 11.8 Å². The van der Waals surface area contributed by atoms with Gasteiger partial charge in [-0.2, -0.15) is 0 Å². The van der Waals surface area contributed by atoms with Crippen LogP contribution in [0.25, 0.3) is 0 Å². The van der Waals surface area contributed by atoms with Crippen LogP contribution in [0, 0.1) is 13.8 Å². The number of aryl methyl sites for hydroxylation is 2. The zero-order valence-electron chi connectivity index (χ0n) is 12.2. The van der Waals surface area contributed by atoms with Crippen LogP contribution in [0.2, 0.25) is 0 Å². The predicted octanol–water partition coefficient (Wildman–Crippen LogP) is 2.28. The van der Waals surface area contributed by atoms with Gasteiger partial charge < -0.3 is 14.7 Å². The lowest BCUT2D eigenvalue weighted by Gasteiger charge is -2.20. The Balaban J connectivity index is 2.09. The first-order valence-corrected chi connectivity index (χ1v) is 6.53. The number of rotatable bonds is 4. The molecule has 0 aliphatic rings. The number of hydrogen-bond acceptors (Lipinski definition) is 4. The second-order valence-corrected chi connectivity index (χ2v) is 4.82. The Hall–Kier alpha value is -2.63. The highest BCUT2D eigenvalue weighted by Crippen LogP contribution is 2.16. The molecule has 0 spiro atoms. The maximum absolute atomic E-state index is 12.0. The highest BCUT2D eigenvalue weighted by Gasteiger charge is 2.16. The van der Waals surface area contributed by atoms with Crippen molar-refractivity contribution in [3.63, 3.8) is 0 Å². The standard InChI is InChI=1S/C15H17N3O3/c1-10-5-4-6-13(7-10)18(12(3)19)9-15(20)16-14-8-11(2)21-17-14/h4-8H,9H2,1-3H3,(H,16,17,20). The number of amides is 2. The van der Waals surface area contributed by atoms with Gasteiger partial charge in [0, 0.05) is 18.7 Å². The summed E-state index contributed by atoms with van der Waals surface area (Å²) in [7, 11) is 0. The molecule has 0 bridgehead atoms. The first-order chi connectivity index (χ1) is 9.95. The number of nitrogens with zero attached hydrogens (tertiary/aromatic N) is 2. The van der Waals surface area contributed by atoms with Gasteiger partial charge in [0.05, 0.1) is 0 Å². The van der Waals surface area contributed by atoms with Crippen LogP contribution in [0.5, 0.6) is 0 Å². The summed E-state index contributed by atoms with van der Waals surface area (Å²) in [6, 6.07) is 9.04. The molecule has 0 fully saturated rings. The fraction of sp³-hybridized carbons (Fsp3) is 0.267. The quantitative estimate of drug-likeness (QED) is 0.936. The zero-order valence-corrected chi connectivity index (χ0v) is 12.2. The molecule has 0 unspecified atom stereocenters. The molecule has 1 N–H and O–H groups in total. The lowest BCUT2D eigenvalue weighted by atomic mass is 10.2. The lowest BCUT2D eigenvalue weighted by molar-refractivity contribution is -0.120. The van der Waals surface area contributed by atoms with Gasteiger partial charge in [-0.25, -0.2) is 0 Å². The zero-order chi connectivity index (χ0) is 15.4. The molecular formula is C15H17N3O3. The van der Waals surface area contributed by atoms with E-state index in [9.17, 15) is 9.59 Å². The van der Waals surface area contributed by atoms with Crippen molar-refractivity contribution in [1.82, 2.24) is 5.16 Å². The predicted molar refractivity (Wildman–Crippen MR) is 79.1 cm³/mol. The third-order valence-corrected chi connectivity index (χ3v) is 2.89. The monoisotopic (exact) mass is 287 g/mol. The molecule has 0 radical (unpaired) electrons. The van der Waals surface area contributed by atoms with Crippen LogP contribution in [-0.4, -0.2) is 23.5 Å². The number of hydrogen-bond donors (Lipinski definition) is 1. The molecule has 0 atom stereocenters. The Labute approximate surface area is 122 Å². The molecule has 21 heavy (non-hydrogen) atoms. The van der Waals surface area contributed by atoms with E-state index in [1.54, 1.807) is 19.1 Å². The molecule has 2 rings (SSSR count). The molecule has 6 heteroatoms. The van der Waals surface area contributed by atoms with Crippen LogP contribution < -0.4 is 10.2 Å². The van der Waals surface area contributed by atoms with Crippen molar-refractivity contribution in [2.24, 2.45) is 0 Å². The average molecular weight is 287 g/mol. The third-order valence-electron chi connectivity index (χ3n) is 2.89. The van der Waals surface area contributed by atoms with Gasteiger partial charge in [-0.05, 0) is 31.5 Å². The van der Waals surface area contributed by atoms with Crippen LogP contribution in [-0.2, 0) is 9.59 Å². The normalized spacial score (nSPS) is 10.2. The van der Waals surface area contributed by atoms with Crippen LogP contribution in [0.1, 0.15) is 18.2 Å². The molecular weight excluding hydrogens is 270 g/mol. The van der Waals surface area contributed by atoms with Gasteiger partial charge in [0.1, 0.15) is 12.3 Å². The van der Waals surface area contributed by atoms with Gasteiger partial charge in [-0.3, -0.25) is 9.59 Å². The van der Waals surface area contributed by atoms with E-state index in [0.717, 1.165) is 5.56 Å². The summed E-state index contributed by atoms with van der Waals surface area (Å²) in [4.78, 5) is 25.2. The lowest BCUT2D eigenvalue weighted by Crippen LogP contribution is -2.36. The molecule has 0 saturated heterocycles. The van der Waals surface area contributed by atoms with E-state index in [0.29, 0.717) is 17.3 Å². The van der Waals surface area contributed by atoms with E-state index < -0.39 is 0 Å². The molecule has 1 aromatic carbocycles. The Bertz CT molecular complexity index is 664. The van der Waals surface area contributed by atoms with Gasteiger partial charge in [0.15, 0.2) is 5.82 Å². The molecule has 0 aliphatic carbocycles. The molecule has 6 nitrogen and oxygen atoms in total. The molecule has 1 aromatic heterocycles. The Morgan fingerprint density at radius 2 is 2.05 bits per heavy atom. The highest BCUT2D eigenvalue weighted by molar-refractivity contribution is 6.01. The number of nitrogens with one attached hydrogen (secondary N) is 1. The van der Waals surface area contributed by atoms with Gasteiger partial charge in [-0.15, -0.1) is 0 Å². The topological polar surface area (TPSA) is 75.4 Å². The van der Waals surface area contributed by atoms with Crippen molar-refractivity contribution in [2.75, 3.05) is 16.8 Å². The highest BCUT2D eigenvalue weighted by atomic mass is 16.5. The maximum Gasteiger partial charge on any atom is 0.245 e. The Morgan fingerprint density at radius 1 is 1.29 bits per heavy atom. The maximum atomic E-state index is 12.0. The van der Waals surface area contributed by atoms with E-state index in [4.69, 9.17) is 4.52 Å². The number of benzene rings is 1. The fourth-order valence-electron chi connectivity index (χ4n) is 1.93. The van der Waals surface area contributed by atoms with E-state index in [2.05, 4.69) is 10.5 Å². The minimum atomic E-state index is -0.333. The number of carbonyl (C=O) groups excluding carboxylic acids is 2.